The zero-order valence-corrected chi connectivity index (χ0v) is 11.6. The molecular formula is C14H11F5OS. The normalized spacial score (nSPS) is 15.8. The summed E-state index contributed by atoms with van der Waals surface area (Å²) in [5, 5.41) is 12.8. The predicted octanol–water partition coefficient (Wildman–Crippen LogP) is 4.49. The Kier molecular flexibility index (Phi) is 3.84. The number of alkyl halides is 5. The first-order valence-corrected chi connectivity index (χ1v) is 6.81. The van der Waals surface area contributed by atoms with Gasteiger partial charge in [-0.05, 0) is 29.3 Å². The molecule has 0 aliphatic heterocycles. The molecule has 0 aliphatic carbocycles. The van der Waals surface area contributed by atoms with Crippen LogP contribution in [0.3, 0.4) is 0 Å². The lowest BCUT2D eigenvalue weighted by molar-refractivity contribution is -0.336. The molecule has 0 saturated heterocycles. The number of benzene rings is 1. The average molecular weight is 322 g/mol. The fourth-order valence-corrected chi connectivity index (χ4v) is 2.70. The van der Waals surface area contributed by atoms with Gasteiger partial charge in [0, 0.05) is 5.56 Å². The summed E-state index contributed by atoms with van der Waals surface area (Å²) in [6.45, 7) is 1.66. The van der Waals surface area contributed by atoms with Crippen LogP contribution in [0.15, 0.2) is 41.1 Å². The van der Waals surface area contributed by atoms with Gasteiger partial charge in [0.05, 0.1) is 0 Å². The van der Waals surface area contributed by atoms with Crippen molar-refractivity contribution in [1.82, 2.24) is 0 Å². The van der Waals surface area contributed by atoms with Crippen LogP contribution in [0, 0.1) is 6.92 Å². The van der Waals surface area contributed by atoms with Gasteiger partial charge in [0.2, 0.25) is 0 Å². The maximum absolute atomic E-state index is 14.0. The van der Waals surface area contributed by atoms with E-state index in [0.29, 0.717) is 5.56 Å². The Morgan fingerprint density at radius 2 is 1.48 bits per heavy atom. The number of aliphatic hydroxyl groups is 1. The van der Waals surface area contributed by atoms with Crippen molar-refractivity contribution in [3.8, 4) is 0 Å². The van der Waals surface area contributed by atoms with Crippen molar-refractivity contribution in [2.24, 2.45) is 0 Å². The Morgan fingerprint density at radius 1 is 0.905 bits per heavy atom. The summed E-state index contributed by atoms with van der Waals surface area (Å²) in [4.78, 5) is 0. The highest BCUT2D eigenvalue weighted by atomic mass is 32.1. The smallest absolute Gasteiger partial charge is 0.374 e. The first-order valence-electron chi connectivity index (χ1n) is 5.87. The Morgan fingerprint density at radius 3 is 1.90 bits per heavy atom. The minimum Gasteiger partial charge on any atom is -0.374 e. The van der Waals surface area contributed by atoms with Gasteiger partial charge < -0.3 is 5.11 Å². The summed E-state index contributed by atoms with van der Waals surface area (Å²) < 4.78 is 66.3. The zero-order valence-electron chi connectivity index (χ0n) is 10.8. The second-order valence-electron chi connectivity index (χ2n) is 4.66. The molecule has 1 atom stereocenters. The Labute approximate surface area is 121 Å². The number of rotatable bonds is 3. The summed E-state index contributed by atoms with van der Waals surface area (Å²) in [5.74, 6) is -5.32. The van der Waals surface area contributed by atoms with E-state index in [1.165, 1.54) is 17.5 Å². The molecule has 2 rings (SSSR count). The predicted molar refractivity (Wildman–Crippen MR) is 69.5 cm³/mol. The number of aryl methyl sites for hydroxylation is 1. The number of thiophene rings is 1. The Bertz CT molecular complexity index is 603. The SMILES string of the molecule is Cc1ccc(C(O)(c2ccsc2)C(F)(F)C(F)(F)F)cc1. The lowest BCUT2D eigenvalue weighted by Gasteiger charge is -2.37. The van der Waals surface area contributed by atoms with Crippen molar-refractivity contribution in [1.29, 1.82) is 0 Å². The summed E-state index contributed by atoms with van der Waals surface area (Å²) in [7, 11) is 0. The van der Waals surface area contributed by atoms with Crippen LogP contribution in [-0.4, -0.2) is 17.2 Å². The number of hydrogen-bond acceptors (Lipinski definition) is 2. The molecule has 0 fully saturated rings. The van der Waals surface area contributed by atoms with Gasteiger partial charge in [-0.15, -0.1) is 0 Å². The van der Waals surface area contributed by atoms with Crippen molar-refractivity contribution in [3.63, 3.8) is 0 Å². The summed E-state index contributed by atoms with van der Waals surface area (Å²) >= 11 is 0.930. The van der Waals surface area contributed by atoms with E-state index in [9.17, 15) is 27.1 Å². The molecule has 2 aromatic rings. The van der Waals surface area contributed by atoms with Crippen molar-refractivity contribution in [3.05, 3.63) is 57.8 Å². The van der Waals surface area contributed by atoms with Crippen LogP contribution in [0.4, 0.5) is 22.0 Å². The van der Waals surface area contributed by atoms with Gasteiger partial charge in [-0.1, -0.05) is 29.8 Å². The van der Waals surface area contributed by atoms with Gasteiger partial charge in [-0.2, -0.15) is 33.3 Å². The molecule has 0 bridgehead atoms. The van der Waals surface area contributed by atoms with E-state index in [4.69, 9.17) is 0 Å². The van der Waals surface area contributed by atoms with Gasteiger partial charge in [0.25, 0.3) is 0 Å². The molecule has 1 aromatic heterocycles. The third-order valence-corrected chi connectivity index (χ3v) is 3.90. The fourth-order valence-electron chi connectivity index (χ4n) is 2.00. The highest BCUT2D eigenvalue weighted by Crippen LogP contribution is 2.52. The molecule has 0 radical (unpaired) electrons. The average Bonchev–Trinajstić information content (AvgIpc) is 2.91. The molecule has 0 aliphatic rings. The van der Waals surface area contributed by atoms with E-state index in [0.717, 1.165) is 34.9 Å². The largest absolute Gasteiger partial charge is 0.457 e. The van der Waals surface area contributed by atoms with Crippen LogP contribution in [0.25, 0.3) is 0 Å². The Hall–Kier alpha value is -1.47. The van der Waals surface area contributed by atoms with Crippen LogP contribution >= 0.6 is 11.3 Å². The summed E-state index contributed by atoms with van der Waals surface area (Å²) in [6.07, 6.45) is -5.88. The summed E-state index contributed by atoms with van der Waals surface area (Å²) in [6, 6.07) is 5.96. The topological polar surface area (TPSA) is 20.2 Å². The highest BCUT2D eigenvalue weighted by Gasteiger charge is 2.71. The van der Waals surface area contributed by atoms with Crippen molar-refractivity contribution in [2.45, 2.75) is 24.6 Å². The first-order chi connectivity index (χ1) is 9.60. The molecule has 0 spiro atoms. The van der Waals surface area contributed by atoms with Crippen LogP contribution in [-0.2, 0) is 5.60 Å². The first kappa shape index (κ1) is 15.9. The molecule has 1 aromatic carbocycles. The molecule has 1 N–H and O–H groups in total. The minimum atomic E-state index is -5.88. The molecule has 0 saturated carbocycles. The van der Waals surface area contributed by atoms with Crippen molar-refractivity contribution < 1.29 is 27.1 Å². The van der Waals surface area contributed by atoms with E-state index in [1.54, 1.807) is 6.92 Å². The molecule has 1 unspecified atom stereocenters. The van der Waals surface area contributed by atoms with Gasteiger partial charge in [-0.3, -0.25) is 0 Å². The van der Waals surface area contributed by atoms with Gasteiger partial charge in [0.1, 0.15) is 0 Å². The lowest BCUT2D eigenvalue weighted by Crippen LogP contribution is -2.55. The fraction of sp³-hybridized carbons (Fsp3) is 0.286. The second kappa shape index (κ2) is 5.06. The molecule has 1 nitrogen and oxygen atoms in total. The quantitative estimate of drug-likeness (QED) is 0.826. The maximum Gasteiger partial charge on any atom is 0.457 e. The molecule has 114 valence electrons. The molecule has 21 heavy (non-hydrogen) atoms. The molecule has 7 heteroatoms. The monoisotopic (exact) mass is 322 g/mol. The highest BCUT2D eigenvalue weighted by molar-refractivity contribution is 7.08. The Balaban J connectivity index is 2.69. The number of hydrogen-bond donors (Lipinski definition) is 1. The van der Waals surface area contributed by atoms with Crippen LogP contribution in [0.1, 0.15) is 16.7 Å². The third-order valence-electron chi connectivity index (χ3n) is 3.22. The van der Waals surface area contributed by atoms with Crippen molar-refractivity contribution >= 4 is 11.3 Å². The van der Waals surface area contributed by atoms with Crippen LogP contribution in [0.2, 0.25) is 0 Å². The van der Waals surface area contributed by atoms with E-state index < -0.39 is 28.8 Å². The van der Waals surface area contributed by atoms with Gasteiger partial charge in [0.15, 0.2) is 5.60 Å². The standard InChI is InChI=1S/C14H11F5OS/c1-9-2-4-10(5-3-9)12(20,11-6-7-21-8-11)13(15,16)14(17,18)19/h2-8,20H,1H3. The van der Waals surface area contributed by atoms with Crippen molar-refractivity contribution in [2.75, 3.05) is 0 Å². The van der Waals surface area contributed by atoms with E-state index in [-0.39, 0.29) is 0 Å². The zero-order chi connectivity index (χ0) is 15.9. The summed E-state index contributed by atoms with van der Waals surface area (Å²) in [5.41, 5.74) is -3.77. The van der Waals surface area contributed by atoms with Crippen LogP contribution in [0.5, 0.6) is 0 Å². The third kappa shape index (κ3) is 2.44. The van der Waals surface area contributed by atoms with E-state index in [1.807, 2.05) is 0 Å². The van der Waals surface area contributed by atoms with Gasteiger partial charge >= 0.3 is 12.1 Å². The van der Waals surface area contributed by atoms with E-state index >= 15 is 0 Å². The van der Waals surface area contributed by atoms with E-state index in [2.05, 4.69) is 0 Å². The van der Waals surface area contributed by atoms with Crippen LogP contribution < -0.4 is 0 Å². The molecule has 1 heterocycles. The minimum absolute atomic E-state index is 0.487. The second-order valence-corrected chi connectivity index (χ2v) is 5.44. The molecular weight excluding hydrogens is 311 g/mol. The molecule has 0 amide bonds. The lowest BCUT2D eigenvalue weighted by atomic mass is 9.81. The number of halogens is 5. The maximum atomic E-state index is 14.0. The van der Waals surface area contributed by atoms with Gasteiger partial charge in [-0.25, -0.2) is 0 Å².